The van der Waals surface area contributed by atoms with Crippen LogP contribution in [0.15, 0.2) is 16.6 Å². The van der Waals surface area contributed by atoms with E-state index in [-0.39, 0.29) is 11.6 Å². The van der Waals surface area contributed by atoms with Crippen LogP contribution >= 0.6 is 15.9 Å². The van der Waals surface area contributed by atoms with Crippen LogP contribution in [0.1, 0.15) is 25.8 Å². The molecule has 1 aromatic carbocycles. The fourth-order valence-electron chi connectivity index (χ4n) is 1.94. The van der Waals surface area contributed by atoms with E-state index in [0.717, 1.165) is 13.0 Å². The van der Waals surface area contributed by atoms with Crippen molar-refractivity contribution < 1.29 is 13.5 Å². The highest BCUT2D eigenvalue weighted by molar-refractivity contribution is 9.10. The highest BCUT2D eigenvalue weighted by Gasteiger charge is 2.17. The van der Waals surface area contributed by atoms with E-state index in [2.05, 4.69) is 21.2 Å². The second-order valence-corrected chi connectivity index (χ2v) is 5.12. The lowest BCUT2D eigenvalue weighted by atomic mass is 10.0. The van der Waals surface area contributed by atoms with E-state index in [9.17, 15) is 8.78 Å². The molecule has 1 aromatic rings. The molecule has 108 valence electrons. The zero-order valence-corrected chi connectivity index (χ0v) is 12.9. The number of rotatable bonds is 8. The van der Waals surface area contributed by atoms with Crippen LogP contribution in [0.3, 0.4) is 0 Å². The van der Waals surface area contributed by atoms with Gasteiger partial charge in [-0.1, -0.05) is 6.92 Å². The molecular weight excluding hydrogens is 316 g/mol. The van der Waals surface area contributed by atoms with Gasteiger partial charge in [0.15, 0.2) is 0 Å². The first-order chi connectivity index (χ1) is 9.10. The molecule has 1 atom stereocenters. The van der Waals surface area contributed by atoms with Gasteiger partial charge in [-0.2, -0.15) is 0 Å². The molecule has 2 nitrogen and oxygen atoms in total. The van der Waals surface area contributed by atoms with Crippen molar-refractivity contribution in [2.75, 3.05) is 19.8 Å². The molecule has 0 fully saturated rings. The smallest absolute Gasteiger partial charge is 0.143 e. The van der Waals surface area contributed by atoms with E-state index in [1.807, 2.05) is 13.8 Å². The van der Waals surface area contributed by atoms with Crippen molar-refractivity contribution in [2.45, 2.75) is 32.7 Å². The zero-order valence-electron chi connectivity index (χ0n) is 11.3. The zero-order chi connectivity index (χ0) is 14.3. The molecule has 0 bridgehead atoms. The lowest BCUT2D eigenvalue weighted by Gasteiger charge is -2.19. The minimum absolute atomic E-state index is 0.00912. The summed E-state index contributed by atoms with van der Waals surface area (Å²) in [5, 5.41) is 3.24. The second-order valence-electron chi connectivity index (χ2n) is 4.27. The molecule has 0 saturated carbocycles. The highest BCUT2D eigenvalue weighted by atomic mass is 79.9. The molecule has 1 N–H and O–H groups in total. The van der Waals surface area contributed by atoms with Gasteiger partial charge in [-0.15, -0.1) is 0 Å². The average Bonchev–Trinajstić information content (AvgIpc) is 2.39. The quantitative estimate of drug-likeness (QED) is 0.578. The Morgan fingerprint density at radius 3 is 2.68 bits per heavy atom. The number of nitrogens with one attached hydrogen (secondary N) is 1. The third-order valence-electron chi connectivity index (χ3n) is 2.90. The summed E-state index contributed by atoms with van der Waals surface area (Å²) in [4.78, 5) is 0. The number of ether oxygens (including phenoxy) is 1. The molecule has 0 saturated heterocycles. The van der Waals surface area contributed by atoms with E-state index >= 15 is 0 Å². The molecular formula is C14H20BrF2NO. The molecule has 5 heteroatoms. The largest absolute Gasteiger partial charge is 0.382 e. The topological polar surface area (TPSA) is 21.3 Å². The summed E-state index contributed by atoms with van der Waals surface area (Å²) in [6.07, 6.45) is 1.05. The molecule has 0 aromatic heterocycles. The lowest BCUT2D eigenvalue weighted by molar-refractivity contribution is 0.136. The van der Waals surface area contributed by atoms with Crippen LogP contribution in [-0.2, 0) is 11.2 Å². The van der Waals surface area contributed by atoms with E-state index in [1.165, 1.54) is 12.1 Å². The maximum Gasteiger partial charge on any atom is 0.143 e. The molecule has 0 amide bonds. The third-order valence-corrected chi connectivity index (χ3v) is 3.51. The minimum Gasteiger partial charge on any atom is -0.382 e. The van der Waals surface area contributed by atoms with Crippen molar-refractivity contribution in [1.82, 2.24) is 5.32 Å². The molecule has 0 aliphatic carbocycles. The molecule has 1 unspecified atom stereocenters. The molecule has 0 radical (unpaired) electrons. The number of hydrogen-bond acceptors (Lipinski definition) is 2. The van der Waals surface area contributed by atoms with Crippen molar-refractivity contribution in [3.8, 4) is 0 Å². The Hall–Kier alpha value is -0.520. The van der Waals surface area contributed by atoms with Crippen LogP contribution in [0.2, 0.25) is 0 Å². The predicted molar refractivity (Wildman–Crippen MR) is 76.3 cm³/mol. The van der Waals surface area contributed by atoms with Crippen molar-refractivity contribution >= 4 is 15.9 Å². The SMILES string of the molecule is CCNC(CCOCC)Cc1c(F)ccc(Br)c1F. The summed E-state index contributed by atoms with van der Waals surface area (Å²) < 4.78 is 33.2. The van der Waals surface area contributed by atoms with E-state index in [1.54, 1.807) is 0 Å². The molecule has 0 aliphatic heterocycles. The fraction of sp³-hybridized carbons (Fsp3) is 0.571. The normalized spacial score (nSPS) is 12.7. The van der Waals surface area contributed by atoms with Crippen LogP contribution in [0, 0.1) is 11.6 Å². The summed E-state index contributed by atoms with van der Waals surface area (Å²) in [5.41, 5.74) is 0.122. The summed E-state index contributed by atoms with van der Waals surface area (Å²) in [6, 6.07) is 2.68. The van der Waals surface area contributed by atoms with Gasteiger partial charge in [0.25, 0.3) is 0 Å². The lowest BCUT2D eigenvalue weighted by Crippen LogP contribution is -2.32. The fourth-order valence-corrected chi connectivity index (χ4v) is 2.31. The van der Waals surface area contributed by atoms with Crippen LogP contribution in [-0.4, -0.2) is 25.8 Å². The van der Waals surface area contributed by atoms with Gasteiger partial charge < -0.3 is 10.1 Å². The minimum atomic E-state index is -0.515. The summed E-state index contributed by atoms with van der Waals surface area (Å²) in [6.45, 7) is 5.90. The molecule has 19 heavy (non-hydrogen) atoms. The van der Waals surface area contributed by atoms with Gasteiger partial charge >= 0.3 is 0 Å². The predicted octanol–water partition coefficient (Wildman–Crippen LogP) is 3.67. The number of hydrogen-bond donors (Lipinski definition) is 1. The Morgan fingerprint density at radius 2 is 2.05 bits per heavy atom. The molecule has 0 aliphatic rings. The van der Waals surface area contributed by atoms with Crippen LogP contribution in [0.25, 0.3) is 0 Å². The maximum absolute atomic E-state index is 13.9. The Kier molecular flexibility index (Phi) is 7.49. The summed E-state index contributed by atoms with van der Waals surface area (Å²) in [5.74, 6) is -1.01. The highest BCUT2D eigenvalue weighted by Crippen LogP contribution is 2.23. The number of benzene rings is 1. The summed E-state index contributed by atoms with van der Waals surface area (Å²) in [7, 11) is 0. The molecule has 1 rings (SSSR count). The van der Waals surface area contributed by atoms with Gasteiger partial charge in [-0.05, 0) is 54.4 Å². The van der Waals surface area contributed by atoms with Gasteiger partial charge in [0.2, 0.25) is 0 Å². The first-order valence-electron chi connectivity index (χ1n) is 6.53. The van der Waals surface area contributed by atoms with E-state index in [4.69, 9.17) is 4.74 Å². The Balaban J connectivity index is 2.75. The Morgan fingerprint density at radius 1 is 1.32 bits per heavy atom. The summed E-state index contributed by atoms with van der Waals surface area (Å²) >= 11 is 3.09. The van der Waals surface area contributed by atoms with Gasteiger partial charge in [-0.25, -0.2) is 8.78 Å². The standard InChI is InChI=1S/C14H20BrF2NO/c1-3-18-10(7-8-19-4-2)9-11-13(16)6-5-12(15)14(11)17/h5-6,10,18H,3-4,7-9H2,1-2H3. The van der Waals surface area contributed by atoms with Crippen molar-refractivity contribution in [3.05, 3.63) is 33.8 Å². The third kappa shape index (κ3) is 5.16. The van der Waals surface area contributed by atoms with Gasteiger partial charge in [0, 0.05) is 24.8 Å². The van der Waals surface area contributed by atoms with Gasteiger partial charge in [0.05, 0.1) is 4.47 Å². The first-order valence-corrected chi connectivity index (χ1v) is 7.32. The van der Waals surface area contributed by atoms with Crippen LogP contribution in [0.5, 0.6) is 0 Å². The maximum atomic E-state index is 13.9. The monoisotopic (exact) mass is 335 g/mol. The van der Waals surface area contributed by atoms with Crippen LogP contribution < -0.4 is 5.32 Å². The molecule has 0 spiro atoms. The average molecular weight is 336 g/mol. The van der Waals surface area contributed by atoms with E-state index in [0.29, 0.717) is 24.1 Å². The number of likely N-dealkylation sites (N-methyl/N-ethyl adjacent to an activating group) is 1. The van der Waals surface area contributed by atoms with Gasteiger partial charge in [-0.3, -0.25) is 0 Å². The van der Waals surface area contributed by atoms with E-state index < -0.39 is 11.6 Å². The van der Waals surface area contributed by atoms with Crippen LogP contribution in [0.4, 0.5) is 8.78 Å². The second kappa shape index (κ2) is 8.61. The number of halogens is 3. The van der Waals surface area contributed by atoms with Crippen molar-refractivity contribution in [2.24, 2.45) is 0 Å². The Bertz CT molecular complexity index is 401. The molecule has 0 heterocycles. The Labute approximate surface area is 121 Å². The van der Waals surface area contributed by atoms with Gasteiger partial charge in [0.1, 0.15) is 11.6 Å². The first kappa shape index (κ1) is 16.5. The van der Waals surface area contributed by atoms with Crippen molar-refractivity contribution in [3.63, 3.8) is 0 Å². The van der Waals surface area contributed by atoms with Crippen molar-refractivity contribution in [1.29, 1.82) is 0 Å².